The van der Waals surface area contributed by atoms with Crippen molar-refractivity contribution in [3.63, 3.8) is 0 Å². The van der Waals surface area contributed by atoms with Crippen molar-refractivity contribution in [2.45, 2.75) is 45.6 Å². The summed E-state index contributed by atoms with van der Waals surface area (Å²) in [6.07, 6.45) is 7.58. The SMILES string of the molecule is CC1(C)CCCCC1C(NN)c1ccncc1F. The molecule has 3 nitrogen and oxygen atoms in total. The van der Waals surface area contributed by atoms with Crippen LogP contribution in [0.25, 0.3) is 0 Å². The van der Waals surface area contributed by atoms with Crippen molar-refractivity contribution in [2.24, 2.45) is 17.2 Å². The number of hydrogen-bond acceptors (Lipinski definition) is 3. The van der Waals surface area contributed by atoms with Crippen molar-refractivity contribution in [1.82, 2.24) is 10.4 Å². The average molecular weight is 251 g/mol. The Balaban J connectivity index is 2.31. The minimum Gasteiger partial charge on any atom is -0.271 e. The highest BCUT2D eigenvalue weighted by Gasteiger charge is 2.38. The van der Waals surface area contributed by atoms with Gasteiger partial charge in [-0.15, -0.1) is 0 Å². The van der Waals surface area contributed by atoms with E-state index in [2.05, 4.69) is 24.3 Å². The predicted molar refractivity (Wildman–Crippen MR) is 70.0 cm³/mol. The third-order valence-electron chi connectivity index (χ3n) is 4.31. The first-order valence-corrected chi connectivity index (χ1v) is 6.62. The number of nitrogens with zero attached hydrogens (tertiary/aromatic N) is 1. The lowest BCUT2D eigenvalue weighted by Gasteiger charge is -2.43. The van der Waals surface area contributed by atoms with Crippen LogP contribution in [0.3, 0.4) is 0 Å². The number of halogens is 1. The Morgan fingerprint density at radius 2 is 2.28 bits per heavy atom. The summed E-state index contributed by atoms with van der Waals surface area (Å²) in [5.74, 6) is 5.77. The highest BCUT2D eigenvalue weighted by atomic mass is 19.1. The van der Waals surface area contributed by atoms with Crippen LogP contribution in [0.15, 0.2) is 18.5 Å². The Labute approximate surface area is 108 Å². The molecule has 1 fully saturated rings. The number of nitrogens with one attached hydrogen (secondary N) is 1. The van der Waals surface area contributed by atoms with Crippen molar-refractivity contribution in [1.29, 1.82) is 0 Å². The molecule has 4 heteroatoms. The Morgan fingerprint density at radius 1 is 1.50 bits per heavy atom. The fourth-order valence-electron chi connectivity index (χ4n) is 3.20. The van der Waals surface area contributed by atoms with Gasteiger partial charge in [0.05, 0.1) is 12.2 Å². The molecule has 1 aliphatic carbocycles. The summed E-state index contributed by atoms with van der Waals surface area (Å²) < 4.78 is 13.9. The first kappa shape index (κ1) is 13.4. The summed E-state index contributed by atoms with van der Waals surface area (Å²) in [5, 5.41) is 0. The van der Waals surface area contributed by atoms with Crippen LogP contribution in [-0.4, -0.2) is 4.98 Å². The largest absolute Gasteiger partial charge is 0.271 e. The van der Waals surface area contributed by atoms with E-state index in [1.165, 1.54) is 25.5 Å². The molecule has 2 rings (SSSR count). The van der Waals surface area contributed by atoms with Crippen molar-refractivity contribution in [3.05, 3.63) is 29.8 Å². The number of hydrogen-bond donors (Lipinski definition) is 2. The molecule has 0 amide bonds. The monoisotopic (exact) mass is 251 g/mol. The van der Waals surface area contributed by atoms with Crippen LogP contribution in [-0.2, 0) is 0 Å². The second-order valence-electron chi connectivity index (χ2n) is 5.88. The van der Waals surface area contributed by atoms with Gasteiger partial charge in [-0.1, -0.05) is 26.7 Å². The fraction of sp³-hybridized carbons (Fsp3) is 0.643. The Morgan fingerprint density at radius 3 is 2.89 bits per heavy atom. The van der Waals surface area contributed by atoms with E-state index in [1.54, 1.807) is 12.3 Å². The van der Waals surface area contributed by atoms with E-state index in [4.69, 9.17) is 5.84 Å². The number of rotatable bonds is 3. The zero-order valence-corrected chi connectivity index (χ0v) is 11.1. The minimum atomic E-state index is -0.276. The van der Waals surface area contributed by atoms with Gasteiger partial charge in [0.2, 0.25) is 0 Å². The summed E-state index contributed by atoms with van der Waals surface area (Å²) in [5.41, 5.74) is 3.63. The number of aromatic nitrogens is 1. The topological polar surface area (TPSA) is 50.9 Å². The van der Waals surface area contributed by atoms with E-state index >= 15 is 0 Å². The van der Waals surface area contributed by atoms with Crippen LogP contribution < -0.4 is 11.3 Å². The van der Waals surface area contributed by atoms with Crippen LogP contribution in [0.1, 0.15) is 51.1 Å². The highest BCUT2D eigenvalue weighted by Crippen LogP contribution is 2.46. The Hall–Kier alpha value is -1.00. The molecule has 0 aliphatic heterocycles. The van der Waals surface area contributed by atoms with Crippen LogP contribution >= 0.6 is 0 Å². The minimum absolute atomic E-state index is 0.136. The Bertz CT molecular complexity index is 406. The summed E-state index contributed by atoms with van der Waals surface area (Å²) in [6, 6.07) is 1.59. The molecule has 0 bridgehead atoms. The normalized spacial score (nSPS) is 24.8. The molecule has 100 valence electrons. The molecule has 0 spiro atoms. The van der Waals surface area contributed by atoms with E-state index in [-0.39, 0.29) is 17.3 Å². The lowest BCUT2D eigenvalue weighted by atomic mass is 9.65. The van der Waals surface area contributed by atoms with Crippen molar-refractivity contribution in [2.75, 3.05) is 0 Å². The van der Waals surface area contributed by atoms with Gasteiger partial charge in [0, 0.05) is 11.8 Å². The molecule has 3 N–H and O–H groups in total. The third kappa shape index (κ3) is 2.54. The van der Waals surface area contributed by atoms with Gasteiger partial charge in [-0.2, -0.15) is 0 Å². The standard InChI is InChI=1S/C14H22FN3/c1-14(2)7-4-3-5-11(14)13(18-16)10-6-8-17-9-12(10)15/h6,8-9,11,13,18H,3-5,7,16H2,1-2H3. The van der Waals surface area contributed by atoms with Crippen LogP contribution in [0, 0.1) is 17.2 Å². The lowest BCUT2D eigenvalue weighted by Crippen LogP contribution is -2.42. The lowest BCUT2D eigenvalue weighted by molar-refractivity contribution is 0.0968. The van der Waals surface area contributed by atoms with E-state index in [0.29, 0.717) is 11.5 Å². The maximum Gasteiger partial charge on any atom is 0.146 e. The zero-order valence-electron chi connectivity index (χ0n) is 11.1. The number of pyridine rings is 1. The molecule has 0 saturated heterocycles. The second kappa shape index (κ2) is 5.33. The molecular weight excluding hydrogens is 229 g/mol. The molecule has 0 radical (unpaired) electrons. The summed E-state index contributed by atoms with van der Waals surface area (Å²) in [6.45, 7) is 4.50. The molecule has 1 heterocycles. The molecule has 1 aromatic heterocycles. The van der Waals surface area contributed by atoms with Gasteiger partial charge < -0.3 is 0 Å². The quantitative estimate of drug-likeness (QED) is 0.641. The molecule has 18 heavy (non-hydrogen) atoms. The molecular formula is C14H22FN3. The van der Waals surface area contributed by atoms with Gasteiger partial charge in [0.25, 0.3) is 0 Å². The molecule has 2 unspecified atom stereocenters. The number of nitrogens with two attached hydrogens (primary N) is 1. The van der Waals surface area contributed by atoms with Crippen LogP contribution in [0.5, 0.6) is 0 Å². The maximum absolute atomic E-state index is 13.9. The molecule has 0 aromatic carbocycles. The first-order valence-electron chi connectivity index (χ1n) is 6.62. The van der Waals surface area contributed by atoms with E-state index in [0.717, 1.165) is 6.42 Å². The van der Waals surface area contributed by atoms with E-state index in [1.807, 2.05) is 0 Å². The van der Waals surface area contributed by atoms with Gasteiger partial charge in [0.15, 0.2) is 0 Å². The highest BCUT2D eigenvalue weighted by molar-refractivity contribution is 5.19. The van der Waals surface area contributed by atoms with Gasteiger partial charge in [-0.3, -0.25) is 16.3 Å². The van der Waals surface area contributed by atoms with Crippen LogP contribution in [0.2, 0.25) is 0 Å². The van der Waals surface area contributed by atoms with Crippen LogP contribution in [0.4, 0.5) is 4.39 Å². The average Bonchev–Trinajstić information content (AvgIpc) is 2.34. The molecule has 1 saturated carbocycles. The van der Waals surface area contributed by atoms with Crippen molar-refractivity contribution < 1.29 is 4.39 Å². The first-order chi connectivity index (χ1) is 8.56. The summed E-state index contributed by atoms with van der Waals surface area (Å²) >= 11 is 0. The van der Waals surface area contributed by atoms with Crippen molar-refractivity contribution >= 4 is 0 Å². The van der Waals surface area contributed by atoms with Gasteiger partial charge in [-0.25, -0.2) is 4.39 Å². The fourth-order valence-corrected chi connectivity index (χ4v) is 3.20. The van der Waals surface area contributed by atoms with Gasteiger partial charge in [0.1, 0.15) is 5.82 Å². The Kier molecular flexibility index (Phi) is 3.97. The second-order valence-corrected chi connectivity index (χ2v) is 5.88. The molecule has 1 aliphatic rings. The van der Waals surface area contributed by atoms with E-state index in [9.17, 15) is 4.39 Å². The molecule has 1 aromatic rings. The summed E-state index contributed by atoms with van der Waals surface area (Å²) in [7, 11) is 0. The smallest absolute Gasteiger partial charge is 0.146 e. The summed E-state index contributed by atoms with van der Waals surface area (Å²) in [4.78, 5) is 3.80. The third-order valence-corrected chi connectivity index (χ3v) is 4.31. The van der Waals surface area contributed by atoms with Crippen molar-refractivity contribution in [3.8, 4) is 0 Å². The number of hydrazine groups is 1. The predicted octanol–water partition coefficient (Wildman–Crippen LogP) is 2.94. The van der Waals surface area contributed by atoms with E-state index < -0.39 is 0 Å². The van der Waals surface area contributed by atoms with Gasteiger partial charge >= 0.3 is 0 Å². The molecule has 2 atom stereocenters. The van der Waals surface area contributed by atoms with Gasteiger partial charge in [-0.05, 0) is 30.2 Å². The maximum atomic E-state index is 13.9. The zero-order chi connectivity index (χ0) is 13.2.